The molecule has 0 aliphatic carbocycles. The van der Waals surface area contributed by atoms with Crippen LogP contribution in [-0.2, 0) is 6.42 Å². The summed E-state index contributed by atoms with van der Waals surface area (Å²) in [5.74, 6) is 0.770. The van der Waals surface area contributed by atoms with Crippen LogP contribution in [0.15, 0.2) is 18.2 Å². The number of likely N-dealkylation sites (N-methyl/N-ethyl adjacent to an activating group) is 1. The van der Waals surface area contributed by atoms with Gasteiger partial charge in [-0.2, -0.15) is 0 Å². The van der Waals surface area contributed by atoms with Crippen LogP contribution in [0.2, 0.25) is 0 Å². The van der Waals surface area contributed by atoms with Gasteiger partial charge in [0.25, 0.3) is 0 Å². The Morgan fingerprint density at radius 3 is 2.53 bits per heavy atom. The molecule has 0 aromatic heterocycles. The molecule has 0 fully saturated rings. The maximum Gasteiger partial charge on any atom is 0.216 e. The third kappa shape index (κ3) is 4.98. The first-order chi connectivity index (χ1) is 7.54. The maximum absolute atomic E-state index is 11.3. The molecular formula is C12H18ClNO2S. The number of methoxy groups -OCH3 is 1. The van der Waals surface area contributed by atoms with Crippen LogP contribution in [0.25, 0.3) is 0 Å². The van der Waals surface area contributed by atoms with E-state index < -0.39 is 0 Å². The van der Waals surface area contributed by atoms with Crippen LogP contribution in [0.5, 0.6) is 5.75 Å². The van der Waals surface area contributed by atoms with Gasteiger partial charge in [-0.3, -0.25) is 4.79 Å². The van der Waals surface area contributed by atoms with Gasteiger partial charge in [0.2, 0.25) is 5.12 Å². The van der Waals surface area contributed by atoms with E-state index in [1.54, 1.807) is 19.2 Å². The zero-order valence-electron chi connectivity index (χ0n) is 10.3. The number of hydrogen-bond donors (Lipinski definition) is 1. The molecule has 0 spiro atoms. The zero-order valence-corrected chi connectivity index (χ0v) is 12.0. The van der Waals surface area contributed by atoms with Crippen LogP contribution in [0.1, 0.15) is 15.9 Å². The minimum atomic E-state index is -0.198. The highest BCUT2D eigenvalue weighted by molar-refractivity contribution is 7.97. The van der Waals surface area contributed by atoms with Crippen LogP contribution in [0, 0.1) is 0 Å². The first-order valence-corrected chi connectivity index (χ1v) is 5.54. The molecule has 0 unspecified atom stereocenters. The molecule has 0 N–H and O–H groups in total. The van der Waals surface area contributed by atoms with Gasteiger partial charge in [0, 0.05) is 12.1 Å². The maximum atomic E-state index is 11.3. The number of carbonyl (C=O) groups excluding carboxylic acids is 1. The van der Waals surface area contributed by atoms with Crippen LogP contribution >= 0.6 is 25.0 Å². The van der Waals surface area contributed by atoms with Crippen molar-refractivity contribution < 1.29 is 9.53 Å². The quantitative estimate of drug-likeness (QED) is 0.836. The summed E-state index contributed by atoms with van der Waals surface area (Å²) in [7, 11) is 5.62. The number of ether oxygens (including phenoxy) is 1. The van der Waals surface area contributed by atoms with E-state index in [9.17, 15) is 4.79 Å². The summed E-state index contributed by atoms with van der Waals surface area (Å²) in [6.07, 6.45) is 0.811. The average Bonchev–Trinajstić information content (AvgIpc) is 2.25. The van der Waals surface area contributed by atoms with Gasteiger partial charge in [0.1, 0.15) is 5.75 Å². The van der Waals surface area contributed by atoms with E-state index in [-0.39, 0.29) is 17.5 Å². The summed E-state index contributed by atoms with van der Waals surface area (Å²) in [6.45, 7) is 0.890. The summed E-state index contributed by atoms with van der Waals surface area (Å²) in [5, 5.41) is -0.198. The molecule has 0 amide bonds. The largest absolute Gasteiger partial charge is 0.497 e. The normalized spacial score (nSPS) is 9.94. The smallest absolute Gasteiger partial charge is 0.216 e. The Bertz CT molecular complexity index is 383. The lowest BCUT2D eigenvalue weighted by atomic mass is 10.0. The van der Waals surface area contributed by atoms with Crippen molar-refractivity contribution in [2.75, 3.05) is 27.7 Å². The Balaban J connectivity index is 0.00000256. The van der Waals surface area contributed by atoms with Crippen LogP contribution in [0.3, 0.4) is 0 Å². The molecular weight excluding hydrogens is 258 g/mol. The van der Waals surface area contributed by atoms with Crippen molar-refractivity contribution in [1.82, 2.24) is 4.90 Å². The first-order valence-electron chi connectivity index (χ1n) is 5.09. The number of carbonyl (C=O) groups is 1. The SMILES string of the molecule is COc1ccc(C(=O)S)c(CCN(C)C)c1.Cl. The fourth-order valence-corrected chi connectivity index (χ4v) is 1.67. The fraction of sp³-hybridized carbons (Fsp3) is 0.417. The molecule has 5 heteroatoms. The van der Waals surface area contributed by atoms with Gasteiger partial charge in [-0.05, 0) is 44.3 Å². The number of rotatable bonds is 5. The van der Waals surface area contributed by atoms with Gasteiger partial charge < -0.3 is 9.64 Å². The highest BCUT2D eigenvalue weighted by atomic mass is 35.5. The summed E-state index contributed by atoms with van der Waals surface area (Å²) < 4.78 is 5.15. The number of benzene rings is 1. The molecule has 0 aliphatic heterocycles. The third-order valence-electron chi connectivity index (χ3n) is 2.37. The number of nitrogens with zero attached hydrogens (tertiary/aromatic N) is 1. The summed E-state index contributed by atoms with van der Waals surface area (Å²) in [5.41, 5.74) is 1.64. The molecule has 3 nitrogen and oxygen atoms in total. The minimum absolute atomic E-state index is 0. The van der Waals surface area contributed by atoms with E-state index in [0.717, 1.165) is 24.3 Å². The van der Waals surface area contributed by atoms with Crippen molar-refractivity contribution >= 4 is 30.2 Å². The lowest BCUT2D eigenvalue weighted by Crippen LogP contribution is -2.16. The predicted molar refractivity (Wildman–Crippen MR) is 75.8 cm³/mol. The fourth-order valence-electron chi connectivity index (χ4n) is 1.46. The van der Waals surface area contributed by atoms with Gasteiger partial charge >= 0.3 is 0 Å². The Morgan fingerprint density at radius 2 is 2.06 bits per heavy atom. The average molecular weight is 276 g/mol. The van der Waals surface area contributed by atoms with E-state index in [4.69, 9.17) is 4.74 Å². The molecule has 0 bridgehead atoms. The molecule has 17 heavy (non-hydrogen) atoms. The summed E-state index contributed by atoms with van der Waals surface area (Å²) in [6, 6.07) is 5.44. The third-order valence-corrected chi connectivity index (χ3v) is 2.61. The molecule has 0 heterocycles. The van der Waals surface area contributed by atoms with Crippen molar-refractivity contribution in [3.8, 4) is 5.75 Å². The molecule has 0 radical (unpaired) electrons. The van der Waals surface area contributed by atoms with Crippen molar-refractivity contribution in [2.45, 2.75) is 6.42 Å². The van der Waals surface area contributed by atoms with E-state index in [1.807, 2.05) is 20.2 Å². The van der Waals surface area contributed by atoms with Gasteiger partial charge in [0.15, 0.2) is 0 Å². The van der Waals surface area contributed by atoms with Gasteiger partial charge in [0.05, 0.1) is 7.11 Å². The van der Waals surface area contributed by atoms with E-state index in [1.165, 1.54) is 0 Å². The molecule has 0 saturated heterocycles. The molecule has 0 saturated carbocycles. The molecule has 0 atom stereocenters. The van der Waals surface area contributed by atoms with Gasteiger partial charge in [-0.25, -0.2) is 0 Å². The first kappa shape index (κ1) is 16.3. The second-order valence-electron chi connectivity index (χ2n) is 3.88. The molecule has 1 rings (SSSR count). The van der Waals surface area contributed by atoms with Crippen LogP contribution < -0.4 is 4.74 Å². The predicted octanol–water partition coefficient (Wildman–Crippen LogP) is 2.29. The van der Waals surface area contributed by atoms with Crippen molar-refractivity contribution in [1.29, 1.82) is 0 Å². The second kappa shape index (κ2) is 7.58. The monoisotopic (exact) mass is 275 g/mol. The number of halogens is 1. The van der Waals surface area contributed by atoms with E-state index in [2.05, 4.69) is 17.5 Å². The Kier molecular flexibility index (Phi) is 7.27. The molecule has 1 aromatic carbocycles. The van der Waals surface area contributed by atoms with Crippen molar-refractivity contribution in [2.24, 2.45) is 0 Å². The van der Waals surface area contributed by atoms with Crippen molar-refractivity contribution in [3.63, 3.8) is 0 Å². The molecule has 1 aromatic rings. The van der Waals surface area contributed by atoms with Crippen LogP contribution in [-0.4, -0.2) is 37.8 Å². The second-order valence-corrected chi connectivity index (χ2v) is 4.29. The number of hydrogen-bond acceptors (Lipinski definition) is 3. The minimum Gasteiger partial charge on any atom is -0.497 e. The lowest BCUT2D eigenvalue weighted by Gasteiger charge is -2.12. The topological polar surface area (TPSA) is 29.5 Å². The Labute approximate surface area is 114 Å². The van der Waals surface area contributed by atoms with Gasteiger partial charge in [-0.15, -0.1) is 25.0 Å². The Morgan fingerprint density at radius 1 is 1.41 bits per heavy atom. The van der Waals surface area contributed by atoms with E-state index in [0.29, 0.717) is 5.56 Å². The Hall–Kier alpha value is -0.710. The van der Waals surface area contributed by atoms with E-state index >= 15 is 0 Å². The summed E-state index contributed by atoms with van der Waals surface area (Å²) in [4.78, 5) is 13.4. The van der Waals surface area contributed by atoms with Gasteiger partial charge in [-0.1, -0.05) is 0 Å². The standard InChI is InChI=1S/C12H17NO2S.ClH/c1-13(2)7-6-9-8-10(15-3)4-5-11(9)12(14)16;/h4-5,8H,6-7H2,1-3H3,(H,14,16);1H. The lowest BCUT2D eigenvalue weighted by molar-refractivity contribution is 0.109. The zero-order chi connectivity index (χ0) is 12.1. The molecule has 0 aliphatic rings. The van der Waals surface area contributed by atoms with Crippen molar-refractivity contribution in [3.05, 3.63) is 29.3 Å². The highest BCUT2D eigenvalue weighted by Gasteiger charge is 2.09. The summed E-state index contributed by atoms with van der Waals surface area (Å²) >= 11 is 3.87. The number of thiol groups is 1. The highest BCUT2D eigenvalue weighted by Crippen LogP contribution is 2.19. The molecule has 96 valence electrons. The van der Waals surface area contributed by atoms with Crippen LogP contribution in [0.4, 0.5) is 0 Å².